The van der Waals surface area contributed by atoms with Crippen LogP contribution in [0.4, 0.5) is 10.1 Å². The lowest BCUT2D eigenvalue weighted by Gasteiger charge is -2.15. The molecule has 1 aliphatic heterocycles. The molecule has 2 N–H and O–H groups in total. The molecule has 0 fully saturated rings. The van der Waals surface area contributed by atoms with Crippen LogP contribution in [0.3, 0.4) is 0 Å². The van der Waals surface area contributed by atoms with E-state index in [1.54, 1.807) is 20.1 Å². The van der Waals surface area contributed by atoms with Gasteiger partial charge in [-0.25, -0.2) is 9.18 Å². The number of halogens is 1. The second-order valence-electron chi connectivity index (χ2n) is 6.76. The molecule has 1 aliphatic rings. The number of rotatable bonds is 4. The number of amides is 1. The second kappa shape index (κ2) is 7.09. The van der Waals surface area contributed by atoms with E-state index in [1.807, 2.05) is 18.2 Å². The number of anilines is 1. The predicted molar refractivity (Wildman–Crippen MR) is 106 cm³/mol. The van der Waals surface area contributed by atoms with Crippen molar-refractivity contribution < 1.29 is 23.5 Å². The number of hydrogen-bond acceptors (Lipinski definition) is 4. The number of ether oxygens (including phenoxy) is 2. The molecule has 0 saturated carbocycles. The molecule has 0 aliphatic carbocycles. The summed E-state index contributed by atoms with van der Waals surface area (Å²) in [5.41, 5.74) is 3.45. The number of aromatic amines is 1. The number of aryl methyl sites for hydroxylation is 1. The molecule has 2 heterocycles. The van der Waals surface area contributed by atoms with Gasteiger partial charge in [-0.2, -0.15) is 0 Å². The highest BCUT2D eigenvalue weighted by Gasteiger charge is 2.39. The topological polar surface area (TPSA) is 80.4 Å². The van der Waals surface area contributed by atoms with E-state index in [4.69, 9.17) is 9.47 Å². The second-order valence-corrected chi connectivity index (χ2v) is 6.76. The molecule has 0 unspecified atom stereocenters. The van der Waals surface area contributed by atoms with Crippen LogP contribution < -0.4 is 10.1 Å². The van der Waals surface area contributed by atoms with E-state index >= 15 is 0 Å². The first-order valence-electron chi connectivity index (χ1n) is 9.00. The van der Waals surface area contributed by atoms with Crippen LogP contribution in [0, 0.1) is 12.7 Å². The van der Waals surface area contributed by atoms with Gasteiger partial charge in [0.2, 0.25) is 5.91 Å². The fraction of sp³-hybridized carbons (Fsp3) is 0.182. The Morgan fingerprint density at radius 1 is 1.14 bits per heavy atom. The van der Waals surface area contributed by atoms with Gasteiger partial charge in [0.05, 0.1) is 31.4 Å². The van der Waals surface area contributed by atoms with Crippen LogP contribution >= 0.6 is 0 Å². The van der Waals surface area contributed by atoms with E-state index in [0.717, 1.165) is 0 Å². The van der Waals surface area contributed by atoms with Crippen LogP contribution in [0.2, 0.25) is 0 Å². The van der Waals surface area contributed by atoms with Gasteiger partial charge < -0.3 is 19.8 Å². The Kier molecular flexibility index (Phi) is 4.58. The smallest absolute Gasteiger partial charge is 0.340 e. The molecule has 0 bridgehead atoms. The molecule has 6 nitrogen and oxygen atoms in total. The number of benzene rings is 2. The average molecular weight is 394 g/mol. The third-order valence-electron chi connectivity index (χ3n) is 5.13. The summed E-state index contributed by atoms with van der Waals surface area (Å²) >= 11 is 0. The van der Waals surface area contributed by atoms with Crippen molar-refractivity contribution in [1.82, 2.24) is 4.98 Å². The number of para-hydroxylation sites is 1. The molecule has 2 aromatic carbocycles. The fourth-order valence-electron chi connectivity index (χ4n) is 3.88. The van der Waals surface area contributed by atoms with Gasteiger partial charge in [0.1, 0.15) is 11.6 Å². The number of esters is 1. The van der Waals surface area contributed by atoms with Crippen LogP contribution in [-0.4, -0.2) is 31.1 Å². The molecule has 3 aromatic rings. The minimum atomic E-state index is -0.875. The van der Waals surface area contributed by atoms with Crippen molar-refractivity contribution in [2.75, 3.05) is 19.5 Å². The van der Waals surface area contributed by atoms with Crippen molar-refractivity contribution in [3.8, 4) is 17.0 Å². The van der Waals surface area contributed by atoms with Crippen LogP contribution in [0.5, 0.6) is 5.75 Å². The highest BCUT2D eigenvalue weighted by molar-refractivity contribution is 6.08. The molecule has 0 spiro atoms. The molecule has 29 heavy (non-hydrogen) atoms. The van der Waals surface area contributed by atoms with Gasteiger partial charge in [-0.15, -0.1) is 0 Å². The summed E-state index contributed by atoms with van der Waals surface area (Å²) < 4.78 is 24.4. The van der Waals surface area contributed by atoms with E-state index in [2.05, 4.69) is 10.3 Å². The lowest BCUT2D eigenvalue weighted by atomic mass is 9.87. The molecule has 1 atom stereocenters. The maximum Gasteiger partial charge on any atom is 0.340 e. The minimum absolute atomic E-state index is 0.255. The van der Waals surface area contributed by atoms with Gasteiger partial charge in [0.25, 0.3) is 0 Å². The van der Waals surface area contributed by atoms with Gasteiger partial charge in [-0.1, -0.05) is 12.1 Å². The summed E-state index contributed by atoms with van der Waals surface area (Å²) in [5, 5.41) is 2.77. The van der Waals surface area contributed by atoms with Gasteiger partial charge in [0, 0.05) is 22.5 Å². The Morgan fingerprint density at radius 3 is 2.62 bits per heavy atom. The molecular weight excluding hydrogens is 375 g/mol. The van der Waals surface area contributed by atoms with Gasteiger partial charge in [0.15, 0.2) is 0 Å². The quantitative estimate of drug-likeness (QED) is 0.656. The van der Waals surface area contributed by atoms with Crippen molar-refractivity contribution in [3.63, 3.8) is 0 Å². The summed E-state index contributed by atoms with van der Waals surface area (Å²) in [5.74, 6) is -1.68. The fourth-order valence-corrected chi connectivity index (χ4v) is 3.88. The van der Waals surface area contributed by atoms with Crippen molar-refractivity contribution in [3.05, 3.63) is 70.7 Å². The lowest BCUT2D eigenvalue weighted by Crippen LogP contribution is -2.17. The van der Waals surface area contributed by atoms with Crippen molar-refractivity contribution in [1.29, 1.82) is 0 Å². The van der Waals surface area contributed by atoms with E-state index < -0.39 is 17.7 Å². The Labute approximate surface area is 166 Å². The van der Waals surface area contributed by atoms with E-state index in [0.29, 0.717) is 39.5 Å². The van der Waals surface area contributed by atoms with E-state index in [9.17, 15) is 14.0 Å². The molecule has 1 aromatic heterocycles. The third kappa shape index (κ3) is 2.95. The van der Waals surface area contributed by atoms with E-state index in [1.165, 1.54) is 25.3 Å². The third-order valence-corrected chi connectivity index (χ3v) is 5.13. The van der Waals surface area contributed by atoms with Crippen molar-refractivity contribution >= 4 is 17.6 Å². The van der Waals surface area contributed by atoms with Gasteiger partial charge in [-0.3, -0.25) is 4.79 Å². The summed E-state index contributed by atoms with van der Waals surface area (Å²) in [4.78, 5) is 28.7. The Bertz CT molecular complexity index is 1140. The zero-order valence-electron chi connectivity index (χ0n) is 16.1. The van der Waals surface area contributed by atoms with Crippen molar-refractivity contribution in [2.45, 2.75) is 12.8 Å². The molecule has 4 rings (SSSR count). The van der Waals surface area contributed by atoms with Crippen LogP contribution in [0.25, 0.3) is 11.3 Å². The highest BCUT2D eigenvalue weighted by atomic mass is 19.1. The summed E-state index contributed by atoms with van der Waals surface area (Å²) in [6.45, 7) is 1.73. The lowest BCUT2D eigenvalue weighted by molar-refractivity contribution is -0.116. The maximum atomic E-state index is 14.0. The number of H-pyrrole nitrogens is 1. The molecule has 7 heteroatoms. The first-order valence-corrected chi connectivity index (χ1v) is 9.00. The van der Waals surface area contributed by atoms with Crippen LogP contribution in [0.1, 0.15) is 33.1 Å². The largest absolute Gasteiger partial charge is 0.496 e. The number of fused-ring (bicyclic) bond motifs is 1. The minimum Gasteiger partial charge on any atom is -0.496 e. The standard InChI is InChI=1S/C22H19FN2O4/c1-11-17(22(27)29-3)19(20(24-11)13-6-4-5-7-16(13)28-2)18-14-10-12(23)8-9-15(14)25-21(18)26/h4-10,18,24H,1-3H3,(H,25,26)/t18-/m0/s1. The highest BCUT2D eigenvalue weighted by Crippen LogP contribution is 2.45. The average Bonchev–Trinajstić information content (AvgIpc) is 3.22. The number of nitrogens with one attached hydrogen (secondary N) is 2. The van der Waals surface area contributed by atoms with Crippen LogP contribution in [0.15, 0.2) is 42.5 Å². The monoisotopic (exact) mass is 394 g/mol. The first-order chi connectivity index (χ1) is 14.0. The van der Waals surface area contributed by atoms with E-state index in [-0.39, 0.29) is 11.5 Å². The zero-order valence-corrected chi connectivity index (χ0v) is 16.1. The number of methoxy groups -OCH3 is 2. The van der Waals surface area contributed by atoms with Crippen molar-refractivity contribution in [2.24, 2.45) is 0 Å². The molecule has 1 amide bonds. The van der Waals surface area contributed by atoms with Crippen LogP contribution in [-0.2, 0) is 9.53 Å². The summed E-state index contributed by atoms with van der Waals surface area (Å²) in [6.07, 6.45) is 0. The predicted octanol–water partition coefficient (Wildman–Crippen LogP) is 4.01. The Hall–Kier alpha value is -3.61. The zero-order chi connectivity index (χ0) is 20.7. The molecule has 0 radical (unpaired) electrons. The number of aromatic nitrogens is 1. The summed E-state index contributed by atoms with van der Waals surface area (Å²) in [6, 6.07) is 11.4. The molecular formula is C22H19FN2O4. The number of carbonyl (C=O) groups is 2. The first kappa shape index (κ1) is 18.7. The molecule has 148 valence electrons. The van der Waals surface area contributed by atoms with Gasteiger partial charge in [-0.05, 0) is 42.8 Å². The van der Waals surface area contributed by atoms with Gasteiger partial charge >= 0.3 is 5.97 Å². The maximum absolute atomic E-state index is 14.0. The Morgan fingerprint density at radius 2 is 1.90 bits per heavy atom. The Balaban J connectivity index is 2.04. The normalized spacial score (nSPS) is 15.0. The number of carbonyl (C=O) groups excluding carboxylic acids is 2. The number of hydrogen-bond donors (Lipinski definition) is 2. The molecule has 0 saturated heterocycles. The SMILES string of the molecule is COC(=O)c1c(C)[nH]c(-c2ccccc2OC)c1[C@H]1C(=O)Nc2ccc(F)cc21. The summed E-state index contributed by atoms with van der Waals surface area (Å²) in [7, 11) is 2.83.